The van der Waals surface area contributed by atoms with Crippen LogP contribution in [0.3, 0.4) is 0 Å². The highest BCUT2D eigenvalue weighted by Crippen LogP contribution is 2.33. The number of ether oxygens (including phenoxy) is 3. The number of benzene rings is 2. The average Bonchev–Trinajstić information content (AvgIpc) is 3.03. The van der Waals surface area contributed by atoms with Gasteiger partial charge < -0.3 is 18.8 Å². The number of rotatable bonds is 10. The maximum absolute atomic E-state index is 12.8. The van der Waals surface area contributed by atoms with Crippen LogP contribution in [-0.4, -0.2) is 30.4 Å². The molecule has 5 nitrogen and oxygen atoms in total. The maximum atomic E-state index is 12.8. The fraction of sp³-hybridized carbons (Fsp3) is 0.400. The first-order chi connectivity index (χ1) is 14.6. The number of hydrogen-bond acceptors (Lipinski definition) is 4. The summed E-state index contributed by atoms with van der Waals surface area (Å²) >= 11 is 0. The van der Waals surface area contributed by atoms with Gasteiger partial charge in [0.15, 0.2) is 0 Å². The van der Waals surface area contributed by atoms with Crippen LogP contribution in [-0.2, 0) is 4.74 Å². The molecular formula is C25H31NO4. The molecule has 1 heterocycles. The van der Waals surface area contributed by atoms with E-state index in [0.29, 0.717) is 25.4 Å². The van der Waals surface area contributed by atoms with Gasteiger partial charge in [-0.1, -0.05) is 19.8 Å². The molecule has 30 heavy (non-hydrogen) atoms. The van der Waals surface area contributed by atoms with Crippen molar-refractivity contribution in [3.05, 3.63) is 53.7 Å². The molecule has 0 saturated carbocycles. The zero-order chi connectivity index (χ0) is 21.5. The molecule has 0 unspecified atom stereocenters. The molecular weight excluding hydrogens is 378 g/mol. The summed E-state index contributed by atoms with van der Waals surface area (Å²) < 4.78 is 18.9. The van der Waals surface area contributed by atoms with E-state index in [4.69, 9.17) is 14.2 Å². The minimum absolute atomic E-state index is 0.312. The third kappa shape index (κ3) is 4.61. The number of esters is 1. The van der Waals surface area contributed by atoms with Crippen LogP contribution in [0.25, 0.3) is 16.6 Å². The maximum Gasteiger partial charge on any atom is 0.340 e. The summed E-state index contributed by atoms with van der Waals surface area (Å²) in [5, 5.41) is 0.841. The first kappa shape index (κ1) is 21.8. The average molecular weight is 410 g/mol. The van der Waals surface area contributed by atoms with E-state index in [0.717, 1.165) is 53.0 Å². The van der Waals surface area contributed by atoms with E-state index < -0.39 is 0 Å². The molecule has 2 aromatic carbocycles. The molecule has 160 valence electrons. The molecule has 3 aromatic rings. The van der Waals surface area contributed by atoms with E-state index in [9.17, 15) is 4.79 Å². The van der Waals surface area contributed by atoms with Gasteiger partial charge >= 0.3 is 5.97 Å². The van der Waals surface area contributed by atoms with Crippen molar-refractivity contribution in [3.8, 4) is 17.2 Å². The number of aromatic nitrogens is 1. The minimum Gasteiger partial charge on any atom is -0.494 e. The second-order valence-electron chi connectivity index (χ2n) is 7.18. The van der Waals surface area contributed by atoms with Gasteiger partial charge in [0.05, 0.1) is 30.9 Å². The lowest BCUT2D eigenvalue weighted by Gasteiger charge is -2.11. The molecule has 0 spiro atoms. The lowest BCUT2D eigenvalue weighted by molar-refractivity contribution is 0.0527. The number of carbonyl (C=O) groups excluding carboxylic acids is 1. The summed E-state index contributed by atoms with van der Waals surface area (Å²) in [5.41, 5.74) is 3.34. The summed E-state index contributed by atoms with van der Waals surface area (Å²) in [6.07, 6.45) is 3.31. The van der Waals surface area contributed by atoms with Gasteiger partial charge in [0.2, 0.25) is 0 Å². The third-order valence-electron chi connectivity index (χ3n) is 5.08. The molecule has 0 aliphatic carbocycles. The first-order valence-corrected chi connectivity index (χ1v) is 10.8. The smallest absolute Gasteiger partial charge is 0.340 e. The molecule has 0 aliphatic rings. The molecule has 0 fully saturated rings. The van der Waals surface area contributed by atoms with Gasteiger partial charge in [-0.25, -0.2) is 4.79 Å². The van der Waals surface area contributed by atoms with Gasteiger partial charge in [-0.15, -0.1) is 0 Å². The van der Waals surface area contributed by atoms with Gasteiger partial charge in [-0.05, 0) is 69.7 Å². The van der Waals surface area contributed by atoms with E-state index in [1.165, 1.54) is 0 Å². The molecule has 3 rings (SSSR count). The fourth-order valence-electron chi connectivity index (χ4n) is 3.68. The molecule has 0 saturated heterocycles. The normalized spacial score (nSPS) is 10.9. The second-order valence-corrected chi connectivity index (χ2v) is 7.18. The lowest BCUT2D eigenvalue weighted by Crippen LogP contribution is -2.07. The highest BCUT2D eigenvalue weighted by Gasteiger charge is 2.22. The Morgan fingerprint density at radius 3 is 2.30 bits per heavy atom. The Bertz CT molecular complexity index is 989. The van der Waals surface area contributed by atoms with Crippen molar-refractivity contribution in [2.24, 2.45) is 0 Å². The Balaban J connectivity index is 2.06. The first-order valence-electron chi connectivity index (χ1n) is 10.8. The SMILES string of the molecule is CCCCCOc1ccc2c(c1)c(C(=O)OCC)c(C)n2-c1ccc(OCC)cc1. The highest BCUT2D eigenvalue weighted by atomic mass is 16.5. The molecule has 1 aromatic heterocycles. The third-order valence-corrected chi connectivity index (χ3v) is 5.08. The van der Waals surface area contributed by atoms with Gasteiger partial charge in [0.1, 0.15) is 11.5 Å². The van der Waals surface area contributed by atoms with E-state index in [2.05, 4.69) is 11.5 Å². The monoisotopic (exact) mass is 409 g/mol. The van der Waals surface area contributed by atoms with Gasteiger partial charge in [0.25, 0.3) is 0 Å². The van der Waals surface area contributed by atoms with Crippen molar-refractivity contribution in [2.75, 3.05) is 19.8 Å². The van der Waals surface area contributed by atoms with E-state index in [1.807, 2.05) is 63.2 Å². The Labute approximate surface area is 178 Å². The molecule has 0 N–H and O–H groups in total. The molecule has 0 bridgehead atoms. The zero-order valence-electron chi connectivity index (χ0n) is 18.4. The predicted octanol–water partition coefficient (Wildman–Crippen LogP) is 6.08. The molecule has 0 atom stereocenters. The zero-order valence-corrected chi connectivity index (χ0v) is 18.4. The Hall–Kier alpha value is -2.95. The molecule has 0 amide bonds. The summed E-state index contributed by atoms with van der Waals surface area (Å²) in [7, 11) is 0. The van der Waals surface area contributed by atoms with Gasteiger partial charge in [-0.2, -0.15) is 0 Å². The molecule has 0 radical (unpaired) electrons. The van der Waals surface area contributed by atoms with Crippen molar-refractivity contribution in [2.45, 2.75) is 47.0 Å². The Morgan fingerprint density at radius 1 is 0.900 bits per heavy atom. The summed E-state index contributed by atoms with van der Waals surface area (Å²) in [5.74, 6) is 1.28. The van der Waals surface area contributed by atoms with Crippen LogP contribution in [0.1, 0.15) is 56.1 Å². The molecule has 0 aliphatic heterocycles. The largest absolute Gasteiger partial charge is 0.494 e. The van der Waals surface area contributed by atoms with Crippen molar-refractivity contribution >= 4 is 16.9 Å². The number of nitrogens with zero attached hydrogens (tertiary/aromatic N) is 1. The van der Waals surface area contributed by atoms with Crippen LogP contribution < -0.4 is 9.47 Å². The van der Waals surface area contributed by atoms with Gasteiger partial charge in [0, 0.05) is 16.8 Å². The van der Waals surface area contributed by atoms with Crippen LogP contribution in [0.5, 0.6) is 11.5 Å². The van der Waals surface area contributed by atoms with E-state index in [-0.39, 0.29) is 5.97 Å². The number of hydrogen-bond donors (Lipinski definition) is 0. The summed E-state index contributed by atoms with van der Waals surface area (Å²) in [4.78, 5) is 12.8. The number of carbonyl (C=O) groups is 1. The standard InChI is InChI=1S/C25H31NO4/c1-5-8-9-16-30-21-14-15-23-22(17-21)24(25(27)29-7-3)18(4)26(23)19-10-12-20(13-11-19)28-6-2/h10-15,17H,5-9,16H2,1-4H3. The Kier molecular flexibility index (Phi) is 7.39. The van der Waals surface area contributed by atoms with Crippen molar-refractivity contribution in [3.63, 3.8) is 0 Å². The van der Waals surface area contributed by atoms with E-state index in [1.54, 1.807) is 0 Å². The van der Waals surface area contributed by atoms with Crippen LogP contribution in [0, 0.1) is 6.92 Å². The summed E-state index contributed by atoms with van der Waals surface area (Å²) in [6.45, 7) is 9.54. The van der Waals surface area contributed by atoms with Crippen LogP contribution in [0.4, 0.5) is 0 Å². The lowest BCUT2D eigenvalue weighted by atomic mass is 10.1. The van der Waals surface area contributed by atoms with Crippen molar-refractivity contribution in [1.82, 2.24) is 4.57 Å². The number of fused-ring (bicyclic) bond motifs is 1. The topological polar surface area (TPSA) is 49.7 Å². The van der Waals surface area contributed by atoms with Crippen LogP contribution in [0.2, 0.25) is 0 Å². The predicted molar refractivity (Wildman–Crippen MR) is 120 cm³/mol. The molecule has 5 heteroatoms. The fourth-order valence-corrected chi connectivity index (χ4v) is 3.68. The van der Waals surface area contributed by atoms with Crippen molar-refractivity contribution in [1.29, 1.82) is 0 Å². The Morgan fingerprint density at radius 2 is 1.63 bits per heavy atom. The number of unbranched alkanes of at least 4 members (excludes halogenated alkanes) is 2. The highest BCUT2D eigenvalue weighted by molar-refractivity contribution is 6.07. The quantitative estimate of drug-likeness (QED) is 0.301. The van der Waals surface area contributed by atoms with E-state index >= 15 is 0 Å². The van der Waals surface area contributed by atoms with Crippen LogP contribution in [0.15, 0.2) is 42.5 Å². The van der Waals surface area contributed by atoms with Crippen LogP contribution >= 0.6 is 0 Å². The van der Waals surface area contributed by atoms with Gasteiger partial charge in [-0.3, -0.25) is 0 Å². The second kappa shape index (κ2) is 10.2. The van der Waals surface area contributed by atoms with Crippen molar-refractivity contribution < 1.29 is 19.0 Å². The summed E-state index contributed by atoms with van der Waals surface area (Å²) in [6, 6.07) is 13.8. The minimum atomic E-state index is -0.312.